The fourth-order valence-electron chi connectivity index (χ4n) is 2.36. The van der Waals surface area contributed by atoms with Gasteiger partial charge in [-0.15, -0.1) is 0 Å². The number of likely N-dealkylation sites (tertiary alicyclic amines) is 1. The molecule has 0 saturated carbocycles. The molecule has 6 heteroatoms. The van der Waals surface area contributed by atoms with Gasteiger partial charge in [-0.1, -0.05) is 18.9 Å². The molecule has 1 aliphatic rings. The van der Waals surface area contributed by atoms with Crippen molar-refractivity contribution in [2.45, 2.75) is 32.1 Å². The van der Waals surface area contributed by atoms with E-state index in [1.165, 1.54) is 12.8 Å². The van der Waals surface area contributed by atoms with Crippen LogP contribution in [0.4, 0.5) is 4.79 Å². The summed E-state index contributed by atoms with van der Waals surface area (Å²) in [5.74, 6) is 0.326. The van der Waals surface area contributed by atoms with Gasteiger partial charge in [-0.05, 0) is 25.0 Å². The molecule has 1 aromatic heterocycles. The third kappa shape index (κ3) is 5.41. The highest BCUT2D eigenvalue weighted by atomic mass is 16.2. The molecule has 21 heavy (non-hydrogen) atoms. The Bertz CT molecular complexity index is 466. The number of hydrogen-bond acceptors (Lipinski definition) is 2. The first kappa shape index (κ1) is 15.3. The van der Waals surface area contributed by atoms with E-state index in [9.17, 15) is 4.79 Å². The number of nitrogens with zero attached hydrogens (tertiary/aromatic N) is 3. The molecule has 1 aromatic rings. The average Bonchev–Trinajstić information content (AvgIpc) is 2.77. The highest BCUT2D eigenvalue weighted by Crippen LogP contribution is 2.09. The number of aliphatic imine (C=N–C) groups is 1. The van der Waals surface area contributed by atoms with Crippen molar-refractivity contribution >= 4 is 12.0 Å². The topological polar surface area (TPSA) is 83.6 Å². The molecule has 2 heterocycles. The largest absolute Gasteiger partial charge is 0.369 e. The minimum atomic E-state index is -0.382. The van der Waals surface area contributed by atoms with Crippen molar-refractivity contribution in [3.63, 3.8) is 0 Å². The van der Waals surface area contributed by atoms with E-state index in [0.29, 0.717) is 18.9 Å². The number of amides is 2. The maximum Gasteiger partial charge on any atom is 0.344 e. The Morgan fingerprint density at radius 3 is 2.71 bits per heavy atom. The predicted octanol–water partition coefficient (Wildman–Crippen LogP) is 1.52. The maximum atomic E-state index is 11.7. The lowest BCUT2D eigenvalue weighted by Crippen LogP contribution is -2.39. The quantitative estimate of drug-likeness (QED) is 0.653. The molecule has 1 aliphatic heterocycles. The molecule has 0 spiro atoms. The summed E-state index contributed by atoms with van der Waals surface area (Å²) in [6.45, 7) is 2.28. The molecular weight excluding hydrogens is 266 g/mol. The molecule has 0 radical (unpaired) electrons. The van der Waals surface area contributed by atoms with Crippen LogP contribution >= 0.6 is 0 Å². The van der Waals surface area contributed by atoms with E-state index >= 15 is 0 Å². The van der Waals surface area contributed by atoms with E-state index in [4.69, 9.17) is 5.73 Å². The summed E-state index contributed by atoms with van der Waals surface area (Å²) >= 11 is 0. The molecule has 1 fully saturated rings. The summed E-state index contributed by atoms with van der Waals surface area (Å²) in [4.78, 5) is 21.9. The minimum Gasteiger partial charge on any atom is -0.369 e. The summed E-state index contributed by atoms with van der Waals surface area (Å²) < 4.78 is 0. The summed E-state index contributed by atoms with van der Waals surface area (Å²) in [5.41, 5.74) is 6.85. The van der Waals surface area contributed by atoms with Gasteiger partial charge in [0.1, 0.15) is 0 Å². The molecule has 0 atom stereocenters. The van der Waals surface area contributed by atoms with E-state index in [2.05, 4.69) is 15.3 Å². The van der Waals surface area contributed by atoms with E-state index in [-0.39, 0.29) is 6.03 Å². The van der Waals surface area contributed by atoms with Crippen LogP contribution in [-0.2, 0) is 6.42 Å². The van der Waals surface area contributed by atoms with Crippen LogP contribution in [0.5, 0.6) is 0 Å². The molecule has 114 valence electrons. The molecule has 2 rings (SSSR count). The maximum absolute atomic E-state index is 11.7. The highest BCUT2D eigenvalue weighted by Gasteiger charge is 2.12. The van der Waals surface area contributed by atoms with Crippen molar-refractivity contribution in [1.82, 2.24) is 15.2 Å². The van der Waals surface area contributed by atoms with Crippen LogP contribution in [0, 0.1) is 0 Å². The Labute approximate surface area is 125 Å². The Kier molecular flexibility index (Phi) is 5.99. The van der Waals surface area contributed by atoms with E-state index in [1.807, 2.05) is 23.1 Å². The molecule has 2 amide bonds. The van der Waals surface area contributed by atoms with Crippen LogP contribution in [0.2, 0.25) is 0 Å². The SMILES string of the molecule is NC(=NC(=O)NCCc1ccccn1)N1CCCCCC1. The molecule has 1 saturated heterocycles. The van der Waals surface area contributed by atoms with E-state index < -0.39 is 0 Å². The molecule has 0 unspecified atom stereocenters. The lowest BCUT2D eigenvalue weighted by Gasteiger charge is -2.20. The van der Waals surface area contributed by atoms with Gasteiger partial charge in [0.05, 0.1) is 0 Å². The van der Waals surface area contributed by atoms with Gasteiger partial charge in [-0.2, -0.15) is 4.99 Å². The van der Waals surface area contributed by atoms with E-state index in [1.54, 1.807) is 6.20 Å². The molecule has 0 aliphatic carbocycles. The number of pyridine rings is 1. The number of rotatable bonds is 3. The fourth-order valence-corrected chi connectivity index (χ4v) is 2.36. The smallest absolute Gasteiger partial charge is 0.344 e. The van der Waals surface area contributed by atoms with Gasteiger partial charge in [0.25, 0.3) is 0 Å². The second-order valence-corrected chi connectivity index (χ2v) is 5.17. The molecule has 0 bridgehead atoms. The second-order valence-electron chi connectivity index (χ2n) is 5.17. The molecule has 3 N–H and O–H groups in total. The Hall–Kier alpha value is -2.11. The Morgan fingerprint density at radius 1 is 1.29 bits per heavy atom. The molecule has 0 aromatic carbocycles. The van der Waals surface area contributed by atoms with Gasteiger partial charge < -0.3 is 16.0 Å². The van der Waals surface area contributed by atoms with Gasteiger partial charge in [-0.3, -0.25) is 4.98 Å². The zero-order valence-electron chi connectivity index (χ0n) is 12.3. The highest BCUT2D eigenvalue weighted by molar-refractivity contribution is 5.91. The van der Waals surface area contributed by atoms with Crippen LogP contribution in [0.25, 0.3) is 0 Å². The zero-order chi connectivity index (χ0) is 14.9. The van der Waals surface area contributed by atoms with Crippen molar-refractivity contribution < 1.29 is 4.79 Å². The number of nitrogens with two attached hydrogens (primary N) is 1. The third-order valence-electron chi connectivity index (χ3n) is 3.53. The monoisotopic (exact) mass is 289 g/mol. The molecular formula is C15H23N5O. The predicted molar refractivity (Wildman–Crippen MR) is 83.0 cm³/mol. The number of carbonyl (C=O) groups is 1. The standard InChI is InChI=1S/C15H23N5O/c16-14(20-11-5-1-2-6-12-20)19-15(21)18-10-8-13-7-3-4-9-17-13/h3-4,7,9H,1-2,5-6,8,10-12H2,(H3,16,18,19,21). The van der Waals surface area contributed by atoms with Crippen molar-refractivity contribution in [1.29, 1.82) is 0 Å². The van der Waals surface area contributed by atoms with Crippen molar-refractivity contribution in [2.75, 3.05) is 19.6 Å². The molecule has 6 nitrogen and oxygen atoms in total. The Morgan fingerprint density at radius 2 is 2.05 bits per heavy atom. The minimum absolute atomic E-state index is 0.326. The van der Waals surface area contributed by atoms with Crippen LogP contribution in [-0.4, -0.2) is 41.5 Å². The number of hydrogen-bond donors (Lipinski definition) is 2. The number of carbonyl (C=O) groups excluding carboxylic acids is 1. The average molecular weight is 289 g/mol. The summed E-state index contributed by atoms with van der Waals surface area (Å²) in [6, 6.07) is 5.35. The number of aromatic nitrogens is 1. The zero-order valence-corrected chi connectivity index (χ0v) is 12.3. The van der Waals surface area contributed by atoms with Gasteiger partial charge in [0, 0.05) is 37.9 Å². The fraction of sp³-hybridized carbons (Fsp3) is 0.533. The van der Waals surface area contributed by atoms with Crippen molar-refractivity contribution in [3.8, 4) is 0 Å². The summed E-state index contributed by atoms with van der Waals surface area (Å²) in [7, 11) is 0. The van der Waals surface area contributed by atoms with Crippen molar-refractivity contribution in [2.24, 2.45) is 10.7 Å². The summed E-state index contributed by atoms with van der Waals surface area (Å²) in [5, 5.41) is 2.74. The lowest BCUT2D eigenvalue weighted by atomic mass is 10.2. The number of guanidine groups is 1. The normalized spacial score (nSPS) is 16.4. The van der Waals surface area contributed by atoms with E-state index in [0.717, 1.165) is 31.6 Å². The third-order valence-corrected chi connectivity index (χ3v) is 3.53. The van der Waals surface area contributed by atoms with Crippen molar-refractivity contribution in [3.05, 3.63) is 30.1 Å². The van der Waals surface area contributed by atoms with Crippen LogP contribution in [0.1, 0.15) is 31.4 Å². The number of nitrogens with one attached hydrogen (secondary N) is 1. The van der Waals surface area contributed by atoms with Crippen LogP contribution in [0.15, 0.2) is 29.4 Å². The second kappa shape index (κ2) is 8.24. The van der Waals surface area contributed by atoms with Crippen LogP contribution in [0.3, 0.4) is 0 Å². The Balaban J connectivity index is 1.75. The van der Waals surface area contributed by atoms with Gasteiger partial charge in [-0.25, -0.2) is 4.79 Å². The lowest BCUT2D eigenvalue weighted by molar-refractivity contribution is 0.249. The first-order chi connectivity index (χ1) is 10.3. The summed E-state index contributed by atoms with van der Waals surface area (Å²) in [6.07, 6.45) is 7.09. The van der Waals surface area contributed by atoms with Gasteiger partial charge in [0.2, 0.25) is 5.96 Å². The van der Waals surface area contributed by atoms with Gasteiger partial charge in [0.15, 0.2) is 0 Å². The number of urea groups is 1. The first-order valence-electron chi connectivity index (χ1n) is 7.52. The first-order valence-corrected chi connectivity index (χ1v) is 7.52. The van der Waals surface area contributed by atoms with Crippen LogP contribution < -0.4 is 11.1 Å². The van der Waals surface area contributed by atoms with Gasteiger partial charge >= 0.3 is 6.03 Å².